The van der Waals surface area contributed by atoms with Crippen molar-refractivity contribution in [2.75, 3.05) is 11.9 Å². The fourth-order valence-corrected chi connectivity index (χ4v) is 4.43. The molecule has 2 heterocycles. The van der Waals surface area contributed by atoms with Gasteiger partial charge in [0.1, 0.15) is 5.82 Å². The Morgan fingerprint density at radius 1 is 1.12 bits per heavy atom. The molecule has 2 aromatic carbocycles. The van der Waals surface area contributed by atoms with E-state index in [2.05, 4.69) is 12.2 Å². The first-order chi connectivity index (χ1) is 11.7. The molecule has 24 heavy (non-hydrogen) atoms. The van der Waals surface area contributed by atoms with Crippen molar-refractivity contribution < 1.29 is 0 Å². The van der Waals surface area contributed by atoms with Crippen molar-refractivity contribution >= 4 is 59.8 Å². The van der Waals surface area contributed by atoms with E-state index in [1.165, 1.54) is 0 Å². The molecule has 0 unspecified atom stereocenters. The molecule has 4 rings (SSSR count). The summed E-state index contributed by atoms with van der Waals surface area (Å²) in [6.07, 6.45) is 0.990. The number of nitrogens with one attached hydrogen (secondary N) is 1. The van der Waals surface area contributed by atoms with Crippen LogP contribution in [0.4, 0.5) is 5.82 Å². The third-order valence-electron chi connectivity index (χ3n) is 4.03. The maximum absolute atomic E-state index is 13.2. The highest BCUT2D eigenvalue weighted by molar-refractivity contribution is 7.25. The highest BCUT2D eigenvalue weighted by atomic mass is 35.5. The summed E-state index contributed by atoms with van der Waals surface area (Å²) < 4.78 is 1.78. The number of rotatable bonds is 3. The number of fused-ring (bicyclic) bond motifs is 4. The van der Waals surface area contributed by atoms with Gasteiger partial charge in [0.25, 0.3) is 0 Å². The molecule has 3 nitrogen and oxygen atoms in total. The molecule has 0 amide bonds. The van der Waals surface area contributed by atoms with Crippen LogP contribution in [0.25, 0.3) is 31.1 Å². The van der Waals surface area contributed by atoms with Crippen LogP contribution in [0.1, 0.15) is 13.3 Å². The van der Waals surface area contributed by atoms with Gasteiger partial charge in [-0.15, -0.1) is 11.3 Å². The minimum absolute atomic E-state index is 0.0255. The number of pyridine rings is 1. The van der Waals surface area contributed by atoms with E-state index in [0.29, 0.717) is 15.8 Å². The number of halogens is 1. The molecule has 0 fully saturated rings. The van der Waals surface area contributed by atoms with Crippen LogP contribution >= 0.6 is 22.9 Å². The van der Waals surface area contributed by atoms with E-state index in [1.807, 2.05) is 36.4 Å². The Balaban J connectivity index is 2.24. The first kappa shape index (κ1) is 15.4. The second-order valence-electron chi connectivity index (χ2n) is 5.65. The van der Waals surface area contributed by atoms with Crippen LogP contribution in [0.5, 0.6) is 0 Å². The largest absolute Gasteiger partial charge is 0.369 e. The van der Waals surface area contributed by atoms with Crippen LogP contribution in [0.3, 0.4) is 0 Å². The molecule has 0 saturated heterocycles. The average molecular weight is 355 g/mol. The van der Waals surface area contributed by atoms with Gasteiger partial charge in [-0.05, 0) is 24.6 Å². The van der Waals surface area contributed by atoms with Crippen molar-refractivity contribution in [1.82, 2.24) is 4.98 Å². The van der Waals surface area contributed by atoms with Crippen LogP contribution in [-0.4, -0.2) is 11.5 Å². The summed E-state index contributed by atoms with van der Waals surface area (Å²) in [4.78, 5) is 18.0. The van der Waals surface area contributed by atoms with E-state index in [0.717, 1.165) is 39.1 Å². The second kappa shape index (κ2) is 6.04. The summed E-state index contributed by atoms with van der Waals surface area (Å²) in [6, 6.07) is 13.3. The molecule has 120 valence electrons. The van der Waals surface area contributed by atoms with Gasteiger partial charge in [-0.3, -0.25) is 4.79 Å². The third kappa shape index (κ3) is 2.34. The number of hydrogen-bond acceptors (Lipinski definition) is 4. The summed E-state index contributed by atoms with van der Waals surface area (Å²) in [5, 5.41) is 6.03. The van der Waals surface area contributed by atoms with E-state index in [1.54, 1.807) is 17.4 Å². The van der Waals surface area contributed by atoms with E-state index in [-0.39, 0.29) is 5.43 Å². The average Bonchev–Trinajstić information content (AvgIpc) is 2.59. The zero-order valence-corrected chi connectivity index (χ0v) is 14.7. The first-order valence-corrected chi connectivity index (χ1v) is 9.08. The van der Waals surface area contributed by atoms with Gasteiger partial charge in [0.05, 0.1) is 26.0 Å². The van der Waals surface area contributed by atoms with Gasteiger partial charge in [0, 0.05) is 16.6 Å². The Bertz CT molecular complexity index is 1140. The normalized spacial score (nSPS) is 11.4. The molecule has 0 aliphatic rings. The number of nitrogens with zero attached hydrogens (tertiary/aromatic N) is 1. The maximum atomic E-state index is 13.2. The van der Waals surface area contributed by atoms with Crippen molar-refractivity contribution in [2.24, 2.45) is 0 Å². The molecule has 2 aromatic heterocycles. The van der Waals surface area contributed by atoms with E-state index in [9.17, 15) is 4.79 Å². The summed E-state index contributed by atoms with van der Waals surface area (Å²) >= 11 is 7.87. The lowest BCUT2D eigenvalue weighted by molar-refractivity contribution is 0.974. The highest BCUT2D eigenvalue weighted by Crippen LogP contribution is 2.35. The number of benzene rings is 2. The minimum atomic E-state index is -0.0255. The van der Waals surface area contributed by atoms with Crippen molar-refractivity contribution in [1.29, 1.82) is 0 Å². The van der Waals surface area contributed by atoms with Gasteiger partial charge in [0.15, 0.2) is 5.43 Å². The van der Waals surface area contributed by atoms with Crippen LogP contribution in [0.15, 0.2) is 47.3 Å². The van der Waals surface area contributed by atoms with Gasteiger partial charge in [-0.1, -0.05) is 42.8 Å². The quantitative estimate of drug-likeness (QED) is 0.393. The molecule has 0 spiro atoms. The zero-order valence-electron chi connectivity index (χ0n) is 13.1. The van der Waals surface area contributed by atoms with Gasteiger partial charge in [-0.25, -0.2) is 4.98 Å². The fourth-order valence-electron chi connectivity index (χ4n) is 2.93. The van der Waals surface area contributed by atoms with Crippen molar-refractivity contribution in [3.05, 3.63) is 57.7 Å². The maximum Gasteiger partial charge on any atom is 0.198 e. The lowest BCUT2D eigenvalue weighted by atomic mass is 10.1. The van der Waals surface area contributed by atoms with Crippen molar-refractivity contribution in [2.45, 2.75) is 13.3 Å². The van der Waals surface area contributed by atoms with E-state index < -0.39 is 0 Å². The number of para-hydroxylation sites is 1. The second-order valence-corrected chi connectivity index (χ2v) is 7.11. The lowest BCUT2D eigenvalue weighted by Crippen LogP contribution is -2.07. The predicted octanol–water partition coefficient (Wildman–Crippen LogP) is 5.44. The molecule has 0 bridgehead atoms. The van der Waals surface area contributed by atoms with Gasteiger partial charge < -0.3 is 5.32 Å². The standard InChI is InChI=1S/C19H15ClN2OS/c1-2-10-21-19-18-15(11-6-3-4-8-13(11)22-19)17(23)16-12(20)7-5-9-14(16)24-18/h3-9H,2,10H2,1H3,(H,21,22). The number of aromatic nitrogens is 1. The Labute approximate surface area is 147 Å². The first-order valence-electron chi connectivity index (χ1n) is 7.88. The molecule has 0 atom stereocenters. The van der Waals surface area contributed by atoms with Crippen LogP contribution < -0.4 is 10.7 Å². The minimum Gasteiger partial charge on any atom is -0.369 e. The number of hydrogen-bond donors (Lipinski definition) is 1. The fraction of sp³-hybridized carbons (Fsp3) is 0.158. The third-order valence-corrected chi connectivity index (χ3v) is 5.51. The highest BCUT2D eigenvalue weighted by Gasteiger charge is 2.15. The molecule has 5 heteroatoms. The molecular formula is C19H15ClN2OS. The summed E-state index contributed by atoms with van der Waals surface area (Å²) in [5.41, 5.74) is 0.793. The van der Waals surface area contributed by atoms with Crippen molar-refractivity contribution in [3.63, 3.8) is 0 Å². The van der Waals surface area contributed by atoms with Crippen LogP contribution in [-0.2, 0) is 0 Å². The summed E-state index contributed by atoms with van der Waals surface area (Å²) in [5.74, 6) is 0.773. The topological polar surface area (TPSA) is 42.0 Å². The molecule has 0 radical (unpaired) electrons. The van der Waals surface area contributed by atoms with Crippen LogP contribution in [0, 0.1) is 0 Å². The monoisotopic (exact) mass is 354 g/mol. The lowest BCUT2D eigenvalue weighted by Gasteiger charge is -2.11. The molecule has 0 aliphatic carbocycles. The Hall–Kier alpha value is -2.17. The predicted molar refractivity (Wildman–Crippen MR) is 105 cm³/mol. The number of anilines is 1. The Morgan fingerprint density at radius 3 is 2.79 bits per heavy atom. The van der Waals surface area contributed by atoms with E-state index in [4.69, 9.17) is 16.6 Å². The SMILES string of the molecule is CCCNc1nc2ccccc2c2c(=O)c3c(Cl)cccc3sc12. The molecule has 1 N–H and O–H groups in total. The molecule has 0 aliphatic heterocycles. The zero-order chi connectivity index (χ0) is 16.7. The molecule has 0 saturated carbocycles. The smallest absolute Gasteiger partial charge is 0.198 e. The van der Waals surface area contributed by atoms with Gasteiger partial charge >= 0.3 is 0 Å². The molecule has 4 aromatic rings. The Kier molecular flexibility index (Phi) is 3.87. The Morgan fingerprint density at radius 2 is 1.96 bits per heavy atom. The van der Waals surface area contributed by atoms with Crippen LogP contribution in [0.2, 0.25) is 5.02 Å². The van der Waals surface area contributed by atoms with Gasteiger partial charge in [-0.2, -0.15) is 0 Å². The summed E-state index contributed by atoms with van der Waals surface area (Å²) in [6.45, 7) is 2.92. The van der Waals surface area contributed by atoms with Crippen molar-refractivity contribution in [3.8, 4) is 0 Å². The van der Waals surface area contributed by atoms with E-state index >= 15 is 0 Å². The van der Waals surface area contributed by atoms with Gasteiger partial charge in [0.2, 0.25) is 0 Å². The molecular weight excluding hydrogens is 340 g/mol. The summed E-state index contributed by atoms with van der Waals surface area (Å²) in [7, 11) is 0.